The van der Waals surface area contributed by atoms with Gasteiger partial charge in [0.1, 0.15) is 0 Å². The predicted molar refractivity (Wildman–Crippen MR) is 82.8 cm³/mol. The largest absolute Gasteiger partial charge is 0.342 e. The van der Waals surface area contributed by atoms with Crippen molar-refractivity contribution in [2.45, 2.75) is 12.8 Å². The van der Waals surface area contributed by atoms with Gasteiger partial charge in [0.2, 0.25) is 11.8 Å². The van der Waals surface area contributed by atoms with Crippen LogP contribution in [-0.4, -0.2) is 55.3 Å². The molecule has 1 aromatic rings. The molecular formula is C16H20F3N3O2. The van der Waals surface area contributed by atoms with Gasteiger partial charge in [-0.2, -0.15) is 0 Å². The van der Waals surface area contributed by atoms with Gasteiger partial charge in [0, 0.05) is 19.5 Å². The van der Waals surface area contributed by atoms with Gasteiger partial charge in [0.25, 0.3) is 0 Å². The molecule has 1 heterocycles. The molecule has 8 heteroatoms. The quantitative estimate of drug-likeness (QED) is 0.802. The SMILES string of the molecule is CN(C)CCCN1CC(C(=O)Nc2ccc(F)c(F)c2F)CC1=O. The van der Waals surface area contributed by atoms with Crippen LogP contribution in [0.15, 0.2) is 12.1 Å². The minimum Gasteiger partial charge on any atom is -0.342 e. The molecule has 1 unspecified atom stereocenters. The standard InChI is InChI=1S/C16H20F3N3O2/c1-21(2)6-3-7-22-9-10(8-13(22)23)16(24)20-12-5-4-11(17)14(18)15(12)19/h4-5,10H,3,6-9H2,1-2H3,(H,20,24). The highest BCUT2D eigenvalue weighted by atomic mass is 19.2. The summed E-state index contributed by atoms with van der Waals surface area (Å²) in [5.74, 6) is -5.77. The van der Waals surface area contributed by atoms with E-state index in [4.69, 9.17) is 0 Å². The lowest BCUT2D eigenvalue weighted by atomic mass is 10.1. The smallest absolute Gasteiger partial charge is 0.229 e. The number of amides is 2. The zero-order valence-electron chi connectivity index (χ0n) is 13.6. The van der Waals surface area contributed by atoms with Crippen LogP contribution in [0.5, 0.6) is 0 Å². The van der Waals surface area contributed by atoms with Crippen LogP contribution in [0.2, 0.25) is 0 Å². The van der Waals surface area contributed by atoms with E-state index < -0.39 is 35.0 Å². The van der Waals surface area contributed by atoms with Gasteiger partial charge in [-0.1, -0.05) is 0 Å². The lowest BCUT2D eigenvalue weighted by Gasteiger charge is -2.18. The average Bonchev–Trinajstić information content (AvgIpc) is 2.89. The van der Waals surface area contributed by atoms with Crippen molar-refractivity contribution < 1.29 is 22.8 Å². The molecule has 1 aliphatic heterocycles. The van der Waals surface area contributed by atoms with Gasteiger partial charge in [-0.15, -0.1) is 0 Å². The summed E-state index contributed by atoms with van der Waals surface area (Å²) in [6.07, 6.45) is 0.809. The Morgan fingerprint density at radius 3 is 2.67 bits per heavy atom. The summed E-state index contributed by atoms with van der Waals surface area (Å²) in [4.78, 5) is 27.7. The first-order chi connectivity index (χ1) is 11.3. The third kappa shape index (κ3) is 4.25. The molecule has 1 aliphatic rings. The van der Waals surface area contributed by atoms with Crippen LogP contribution in [0.3, 0.4) is 0 Å². The summed E-state index contributed by atoms with van der Waals surface area (Å²) in [5, 5.41) is 2.23. The highest BCUT2D eigenvalue weighted by Crippen LogP contribution is 2.23. The molecule has 1 fully saturated rings. The Bertz CT molecular complexity index is 637. The molecule has 0 spiro atoms. The Hall–Kier alpha value is -2.09. The number of benzene rings is 1. The maximum atomic E-state index is 13.6. The Balaban J connectivity index is 1.94. The van der Waals surface area contributed by atoms with Crippen LogP contribution in [0.25, 0.3) is 0 Å². The summed E-state index contributed by atoms with van der Waals surface area (Å²) in [5.41, 5.74) is -0.433. The first kappa shape index (κ1) is 18.3. The topological polar surface area (TPSA) is 52.6 Å². The lowest BCUT2D eigenvalue weighted by Crippen LogP contribution is -2.30. The van der Waals surface area contributed by atoms with Crippen molar-refractivity contribution in [1.82, 2.24) is 9.80 Å². The van der Waals surface area contributed by atoms with Crippen LogP contribution in [0.4, 0.5) is 18.9 Å². The van der Waals surface area contributed by atoms with E-state index in [0.717, 1.165) is 25.1 Å². The van der Waals surface area contributed by atoms with Crippen molar-refractivity contribution in [2.24, 2.45) is 5.92 Å². The summed E-state index contributed by atoms with van der Waals surface area (Å²) in [7, 11) is 3.86. The summed E-state index contributed by atoms with van der Waals surface area (Å²) >= 11 is 0. The number of hydrogen-bond donors (Lipinski definition) is 1. The van der Waals surface area contributed by atoms with E-state index in [0.29, 0.717) is 6.54 Å². The summed E-state index contributed by atoms with van der Waals surface area (Å²) in [6.45, 7) is 1.60. The predicted octanol–water partition coefficient (Wildman–Crippen LogP) is 1.84. The van der Waals surface area contributed by atoms with E-state index >= 15 is 0 Å². The van der Waals surface area contributed by atoms with E-state index in [1.807, 2.05) is 19.0 Å². The third-order valence-corrected chi connectivity index (χ3v) is 3.91. The van der Waals surface area contributed by atoms with Crippen LogP contribution in [0.1, 0.15) is 12.8 Å². The molecule has 0 radical (unpaired) electrons. The van der Waals surface area contributed by atoms with E-state index in [1.165, 1.54) is 0 Å². The molecular weight excluding hydrogens is 323 g/mol. The van der Waals surface area contributed by atoms with Crippen LogP contribution >= 0.6 is 0 Å². The van der Waals surface area contributed by atoms with Crippen molar-refractivity contribution in [3.05, 3.63) is 29.6 Å². The van der Waals surface area contributed by atoms with Gasteiger partial charge < -0.3 is 15.1 Å². The first-order valence-electron chi connectivity index (χ1n) is 7.66. The number of nitrogens with zero attached hydrogens (tertiary/aromatic N) is 2. The molecule has 24 heavy (non-hydrogen) atoms. The van der Waals surface area contributed by atoms with E-state index in [9.17, 15) is 22.8 Å². The highest BCUT2D eigenvalue weighted by molar-refractivity contribution is 5.97. The van der Waals surface area contributed by atoms with Crippen LogP contribution < -0.4 is 5.32 Å². The molecule has 5 nitrogen and oxygen atoms in total. The summed E-state index contributed by atoms with van der Waals surface area (Å²) in [6, 6.07) is 1.69. The maximum absolute atomic E-state index is 13.6. The highest BCUT2D eigenvalue weighted by Gasteiger charge is 2.34. The second-order valence-corrected chi connectivity index (χ2v) is 6.11. The molecule has 0 aliphatic carbocycles. The van der Waals surface area contributed by atoms with Gasteiger partial charge in [0.05, 0.1) is 11.6 Å². The van der Waals surface area contributed by atoms with Crippen molar-refractivity contribution >= 4 is 17.5 Å². The van der Waals surface area contributed by atoms with Crippen LogP contribution in [0, 0.1) is 23.4 Å². The number of likely N-dealkylation sites (tertiary alicyclic amines) is 1. The van der Waals surface area contributed by atoms with Crippen LogP contribution in [-0.2, 0) is 9.59 Å². The average molecular weight is 343 g/mol. The second kappa shape index (κ2) is 7.65. The molecule has 1 aromatic carbocycles. The Labute approximate surface area is 138 Å². The molecule has 0 bridgehead atoms. The molecule has 1 N–H and O–H groups in total. The molecule has 1 saturated heterocycles. The fraction of sp³-hybridized carbons (Fsp3) is 0.500. The second-order valence-electron chi connectivity index (χ2n) is 6.11. The molecule has 2 amide bonds. The number of rotatable bonds is 6. The Morgan fingerprint density at radius 1 is 1.29 bits per heavy atom. The van der Waals surface area contributed by atoms with Gasteiger partial charge in [-0.25, -0.2) is 13.2 Å². The van der Waals surface area contributed by atoms with Crippen molar-refractivity contribution in [2.75, 3.05) is 39.0 Å². The van der Waals surface area contributed by atoms with E-state index in [2.05, 4.69) is 5.32 Å². The zero-order chi connectivity index (χ0) is 17.9. The minimum atomic E-state index is -1.64. The lowest BCUT2D eigenvalue weighted by molar-refractivity contribution is -0.128. The van der Waals surface area contributed by atoms with Gasteiger partial charge >= 0.3 is 0 Å². The number of carbonyl (C=O) groups excluding carboxylic acids is 2. The number of hydrogen-bond acceptors (Lipinski definition) is 3. The van der Waals surface area contributed by atoms with E-state index in [-0.39, 0.29) is 18.9 Å². The van der Waals surface area contributed by atoms with Crippen molar-refractivity contribution in [3.8, 4) is 0 Å². The fourth-order valence-corrected chi connectivity index (χ4v) is 2.60. The third-order valence-electron chi connectivity index (χ3n) is 3.91. The number of carbonyl (C=O) groups is 2. The molecule has 0 aromatic heterocycles. The fourth-order valence-electron chi connectivity index (χ4n) is 2.60. The zero-order valence-corrected chi connectivity index (χ0v) is 13.6. The molecule has 132 valence electrons. The molecule has 1 atom stereocenters. The summed E-state index contributed by atoms with van der Waals surface area (Å²) < 4.78 is 39.7. The first-order valence-corrected chi connectivity index (χ1v) is 7.66. The van der Waals surface area contributed by atoms with Crippen molar-refractivity contribution in [3.63, 3.8) is 0 Å². The Kier molecular flexibility index (Phi) is 5.82. The monoisotopic (exact) mass is 343 g/mol. The van der Waals surface area contributed by atoms with E-state index in [1.54, 1.807) is 4.90 Å². The van der Waals surface area contributed by atoms with Gasteiger partial charge in [-0.05, 0) is 39.2 Å². The van der Waals surface area contributed by atoms with Gasteiger partial charge in [0.15, 0.2) is 17.5 Å². The normalized spacial score (nSPS) is 17.7. The molecule has 2 rings (SSSR count). The van der Waals surface area contributed by atoms with Crippen molar-refractivity contribution in [1.29, 1.82) is 0 Å². The maximum Gasteiger partial charge on any atom is 0.229 e. The van der Waals surface area contributed by atoms with Gasteiger partial charge in [-0.3, -0.25) is 9.59 Å². The number of halogens is 3. The minimum absolute atomic E-state index is 0.0269. The number of anilines is 1. The number of nitrogens with one attached hydrogen (secondary N) is 1. The Morgan fingerprint density at radius 2 is 2.00 bits per heavy atom. The molecule has 0 saturated carbocycles.